The fourth-order valence-electron chi connectivity index (χ4n) is 5.55. The molecule has 7 nitrogen and oxygen atoms in total. The molecule has 1 saturated carbocycles. The molecule has 0 spiro atoms. The summed E-state index contributed by atoms with van der Waals surface area (Å²) < 4.78 is 83.1. The van der Waals surface area contributed by atoms with E-state index >= 15 is 0 Å². The summed E-state index contributed by atoms with van der Waals surface area (Å²) in [6.07, 6.45) is -4.91. The van der Waals surface area contributed by atoms with Gasteiger partial charge in [-0.05, 0) is 51.7 Å². The molecule has 1 aromatic heterocycles. The van der Waals surface area contributed by atoms with Crippen molar-refractivity contribution in [2.24, 2.45) is 0 Å². The lowest BCUT2D eigenvalue weighted by molar-refractivity contribution is -0.148. The molecule has 2 heterocycles. The first-order valence-electron chi connectivity index (χ1n) is 11.6. The van der Waals surface area contributed by atoms with Crippen molar-refractivity contribution >= 4 is 6.09 Å². The zero-order valence-electron chi connectivity index (χ0n) is 20.0. The quantitative estimate of drug-likeness (QED) is 0.456. The molecular formula is C23H27F6N5O2. The van der Waals surface area contributed by atoms with Gasteiger partial charge in [0.25, 0.3) is 0 Å². The van der Waals surface area contributed by atoms with Crippen LogP contribution in [0.1, 0.15) is 63.2 Å². The Labute approximate surface area is 203 Å². The number of benzene rings is 1. The van der Waals surface area contributed by atoms with Gasteiger partial charge in [-0.1, -0.05) is 0 Å². The van der Waals surface area contributed by atoms with Gasteiger partial charge < -0.3 is 9.67 Å². The number of halogens is 6. The number of fused-ring (bicyclic) bond motifs is 1. The highest BCUT2D eigenvalue weighted by Gasteiger charge is 2.45. The molecule has 1 aliphatic heterocycles. The first kappa shape index (κ1) is 26.2. The number of carbonyl (C=O) groups is 1. The van der Waals surface area contributed by atoms with E-state index in [1.807, 2.05) is 4.90 Å². The van der Waals surface area contributed by atoms with E-state index in [9.17, 15) is 36.2 Å². The first-order valence-corrected chi connectivity index (χ1v) is 11.6. The second-order valence-corrected chi connectivity index (χ2v) is 10.3. The van der Waals surface area contributed by atoms with E-state index < -0.39 is 53.0 Å². The largest absolute Gasteiger partial charge is 0.465 e. The van der Waals surface area contributed by atoms with Crippen LogP contribution in [0.4, 0.5) is 31.1 Å². The molecule has 3 atom stereocenters. The van der Waals surface area contributed by atoms with Gasteiger partial charge in [0.05, 0.1) is 6.54 Å². The Morgan fingerprint density at radius 3 is 2.31 bits per heavy atom. The summed E-state index contributed by atoms with van der Waals surface area (Å²) >= 11 is 0. The molecular weight excluding hydrogens is 492 g/mol. The summed E-state index contributed by atoms with van der Waals surface area (Å²) in [5.74, 6) is -5.14. The van der Waals surface area contributed by atoms with Crippen LogP contribution in [0, 0.1) is 17.5 Å². The molecule has 1 aliphatic carbocycles. The Balaban J connectivity index is 1.65. The molecule has 4 rings (SSSR count). The van der Waals surface area contributed by atoms with Crippen LogP contribution in [-0.4, -0.2) is 59.9 Å². The molecule has 1 N–H and O–H groups in total. The number of hydrogen-bond donors (Lipinski definition) is 1. The topological polar surface area (TPSA) is 74.5 Å². The van der Waals surface area contributed by atoms with Gasteiger partial charge in [-0.3, -0.25) is 9.80 Å². The number of aromatic nitrogens is 3. The van der Waals surface area contributed by atoms with Crippen molar-refractivity contribution in [1.82, 2.24) is 24.6 Å². The second-order valence-electron chi connectivity index (χ2n) is 10.3. The van der Waals surface area contributed by atoms with Crippen molar-refractivity contribution in [3.05, 3.63) is 46.8 Å². The van der Waals surface area contributed by atoms with Crippen LogP contribution in [0.25, 0.3) is 0 Å². The van der Waals surface area contributed by atoms with Crippen molar-refractivity contribution in [2.75, 3.05) is 6.54 Å². The maximum absolute atomic E-state index is 14.8. The van der Waals surface area contributed by atoms with Crippen molar-refractivity contribution in [1.29, 1.82) is 0 Å². The molecule has 1 fully saturated rings. The molecule has 1 amide bonds. The van der Waals surface area contributed by atoms with Crippen LogP contribution in [0.2, 0.25) is 0 Å². The van der Waals surface area contributed by atoms with E-state index in [-0.39, 0.29) is 49.9 Å². The van der Waals surface area contributed by atoms with Crippen molar-refractivity contribution in [2.45, 2.75) is 82.8 Å². The monoisotopic (exact) mass is 519 g/mol. The molecule has 0 unspecified atom stereocenters. The number of carboxylic acid groups (broad SMARTS) is 1. The highest BCUT2D eigenvalue weighted by Crippen LogP contribution is 2.42. The predicted octanol–water partition coefficient (Wildman–Crippen LogP) is 5.01. The summed E-state index contributed by atoms with van der Waals surface area (Å²) in [6.45, 7) is 5.43. The van der Waals surface area contributed by atoms with Gasteiger partial charge in [0.1, 0.15) is 11.6 Å². The molecule has 2 aromatic rings. The van der Waals surface area contributed by atoms with E-state index in [0.717, 1.165) is 10.6 Å². The summed E-state index contributed by atoms with van der Waals surface area (Å²) in [4.78, 5) is 15.5. The van der Waals surface area contributed by atoms with Crippen molar-refractivity contribution < 1.29 is 36.2 Å². The number of amides is 1. The maximum Gasteiger partial charge on any atom is 0.451 e. The summed E-state index contributed by atoms with van der Waals surface area (Å²) in [5.41, 5.74) is -0.990. The molecule has 0 radical (unpaired) electrons. The third-order valence-corrected chi connectivity index (χ3v) is 7.04. The maximum atomic E-state index is 14.8. The Bertz CT molecular complexity index is 1150. The zero-order chi connectivity index (χ0) is 26.6. The van der Waals surface area contributed by atoms with Crippen LogP contribution in [0.15, 0.2) is 12.1 Å². The van der Waals surface area contributed by atoms with Crippen LogP contribution in [-0.2, 0) is 19.3 Å². The van der Waals surface area contributed by atoms with Crippen molar-refractivity contribution in [3.8, 4) is 0 Å². The van der Waals surface area contributed by atoms with Crippen LogP contribution in [0.5, 0.6) is 0 Å². The van der Waals surface area contributed by atoms with Gasteiger partial charge in [-0.15, -0.1) is 10.2 Å². The van der Waals surface area contributed by atoms with Gasteiger partial charge in [0.15, 0.2) is 11.6 Å². The minimum atomic E-state index is -4.63. The third-order valence-electron chi connectivity index (χ3n) is 7.04. The molecule has 198 valence electrons. The van der Waals surface area contributed by atoms with E-state index in [1.54, 1.807) is 20.8 Å². The summed E-state index contributed by atoms with van der Waals surface area (Å²) in [5, 5.41) is 17.0. The van der Waals surface area contributed by atoms with E-state index in [1.165, 1.54) is 4.90 Å². The van der Waals surface area contributed by atoms with Gasteiger partial charge in [-0.25, -0.2) is 18.0 Å². The lowest BCUT2D eigenvalue weighted by Crippen LogP contribution is -2.57. The minimum absolute atomic E-state index is 0.0154. The summed E-state index contributed by atoms with van der Waals surface area (Å²) in [6, 6.07) is 0.216. The van der Waals surface area contributed by atoms with E-state index in [4.69, 9.17) is 0 Å². The Kier molecular flexibility index (Phi) is 6.73. The van der Waals surface area contributed by atoms with Crippen LogP contribution < -0.4 is 0 Å². The third kappa shape index (κ3) is 4.89. The van der Waals surface area contributed by atoms with Gasteiger partial charge in [-0.2, -0.15) is 13.2 Å². The van der Waals surface area contributed by atoms with E-state index in [0.29, 0.717) is 12.5 Å². The van der Waals surface area contributed by atoms with Gasteiger partial charge in [0, 0.05) is 42.7 Å². The second kappa shape index (κ2) is 9.24. The van der Waals surface area contributed by atoms with Crippen LogP contribution >= 0.6 is 0 Å². The molecule has 0 bridgehead atoms. The fraction of sp³-hybridized carbons (Fsp3) is 0.609. The van der Waals surface area contributed by atoms with Crippen molar-refractivity contribution in [3.63, 3.8) is 0 Å². The number of alkyl halides is 3. The van der Waals surface area contributed by atoms with Gasteiger partial charge >= 0.3 is 12.3 Å². The normalized spacial score (nSPS) is 23.4. The molecule has 1 aromatic carbocycles. The SMILES string of the molecule is CC(C)(C)N(C(=O)O)[C@H]1C[C@@H](N2CCn3c(nnc3C(F)(F)F)C2)CC[C@@H]1c1cc(F)c(F)cc1F. The molecule has 2 aliphatic rings. The van der Waals surface area contributed by atoms with E-state index in [2.05, 4.69) is 10.2 Å². The molecule has 13 heteroatoms. The van der Waals surface area contributed by atoms with Crippen LogP contribution in [0.3, 0.4) is 0 Å². The zero-order valence-corrected chi connectivity index (χ0v) is 20.0. The number of hydrogen-bond acceptors (Lipinski definition) is 4. The summed E-state index contributed by atoms with van der Waals surface area (Å²) in [7, 11) is 0. The standard InChI is InChI=1S/C23H27F6N5O2/c1-22(2,3)34(21(35)36)18-8-12(4-5-13(18)14-9-16(25)17(26)10-15(14)24)32-6-7-33-19(11-32)30-31-20(33)23(27,28)29/h9-10,12-13,18H,4-8,11H2,1-3H3,(H,35,36)/t12-,13+,18-/m0/s1. The number of nitrogens with zero attached hydrogens (tertiary/aromatic N) is 5. The smallest absolute Gasteiger partial charge is 0.451 e. The Morgan fingerprint density at radius 2 is 1.69 bits per heavy atom. The lowest BCUT2D eigenvalue weighted by atomic mass is 9.75. The molecule has 0 saturated heterocycles. The average Bonchev–Trinajstić information content (AvgIpc) is 3.19. The minimum Gasteiger partial charge on any atom is -0.465 e. The fourth-order valence-corrected chi connectivity index (χ4v) is 5.55. The highest BCUT2D eigenvalue weighted by atomic mass is 19.4. The number of rotatable bonds is 3. The van der Waals surface area contributed by atoms with Gasteiger partial charge in [0.2, 0.25) is 5.82 Å². The predicted molar refractivity (Wildman–Crippen MR) is 116 cm³/mol. The first-order chi connectivity index (χ1) is 16.7. The Hall–Kier alpha value is -2.83. The lowest BCUT2D eigenvalue weighted by Gasteiger charge is -2.49. The molecule has 36 heavy (non-hydrogen) atoms. The average molecular weight is 519 g/mol. The highest BCUT2D eigenvalue weighted by molar-refractivity contribution is 5.67. The Morgan fingerprint density at radius 1 is 1.03 bits per heavy atom.